The Labute approximate surface area is 213 Å². The fraction of sp³-hybridized carbons (Fsp3) is 0.148. The Morgan fingerprint density at radius 1 is 0.838 bits per heavy atom. The number of amidine groups is 1. The van der Waals surface area contributed by atoms with Crippen LogP contribution in [0.4, 0.5) is 5.69 Å². The Morgan fingerprint density at radius 3 is 2.05 bits per heavy atom. The zero-order valence-electron chi connectivity index (χ0n) is 20.1. The van der Waals surface area contributed by atoms with E-state index in [2.05, 4.69) is 10.6 Å². The molecule has 3 aromatic carbocycles. The van der Waals surface area contributed by atoms with Crippen molar-refractivity contribution >= 4 is 35.2 Å². The van der Waals surface area contributed by atoms with Crippen molar-refractivity contribution in [2.75, 3.05) is 11.9 Å². The molecule has 0 aliphatic rings. The zero-order chi connectivity index (χ0) is 27.1. The zero-order valence-corrected chi connectivity index (χ0v) is 20.1. The largest absolute Gasteiger partial charge is 0.478 e. The SMILES string of the molecule is CCc1ccc(-c2ccc(C(=O)NCCC(N)=O)cc2C(=O)O)c(C(=O)Nc2ccc(C(=N)N)cc2)c1. The summed E-state index contributed by atoms with van der Waals surface area (Å²) in [5, 5.41) is 22.7. The molecule has 0 fully saturated rings. The van der Waals surface area contributed by atoms with Crippen LogP contribution in [-0.4, -0.2) is 41.2 Å². The lowest BCUT2D eigenvalue weighted by molar-refractivity contribution is -0.117. The minimum absolute atomic E-state index is 0.0223. The number of amides is 3. The van der Waals surface area contributed by atoms with E-state index in [1.807, 2.05) is 13.0 Å². The molecule has 0 saturated heterocycles. The average Bonchev–Trinajstić information content (AvgIpc) is 2.87. The lowest BCUT2D eigenvalue weighted by atomic mass is 9.91. The minimum Gasteiger partial charge on any atom is -0.478 e. The van der Waals surface area contributed by atoms with Crippen molar-refractivity contribution in [1.29, 1.82) is 5.41 Å². The van der Waals surface area contributed by atoms with Crippen LogP contribution in [0.3, 0.4) is 0 Å². The number of primary amides is 1. The fourth-order valence-corrected chi connectivity index (χ4v) is 3.66. The number of benzene rings is 3. The van der Waals surface area contributed by atoms with Crippen LogP contribution in [0.2, 0.25) is 0 Å². The summed E-state index contributed by atoms with van der Waals surface area (Å²) in [4.78, 5) is 48.8. The number of hydrogen-bond acceptors (Lipinski definition) is 5. The van der Waals surface area contributed by atoms with Gasteiger partial charge in [-0.05, 0) is 65.6 Å². The van der Waals surface area contributed by atoms with Gasteiger partial charge in [0.25, 0.3) is 11.8 Å². The van der Waals surface area contributed by atoms with Crippen LogP contribution in [0.1, 0.15) is 55.5 Å². The highest BCUT2D eigenvalue weighted by Crippen LogP contribution is 2.30. The molecule has 3 aromatic rings. The molecule has 3 rings (SSSR count). The molecular formula is C27H27N5O5. The van der Waals surface area contributed by atoms with Gasteiger partial charge in [0.2, 0.25) is 5.91 Å². The molecule has 10 heteroatoms. The van der Waals surface area contributed by atoms with Crippen LogP contribution < -0.4 is 22.1 Å². The fourth-order valence-electron chi connectivity index (χ4n) is 3.66. The summed E-state index contributed by atoms with van der Waals surface area (Å²) < 4.78 is 0. The highest BCUT2D eigenvalue weighted by atomic mass is 16.4. The normalized spacial score (nSPS) is 10.4. The van der Waals surface area contributed by atoms with Gasteiger partial charge >= 0.3 is 5.97 Å². The van der Waals surface area contributed by atoms with E-state index in [0.29, 0.717) is 23.2 Å². The Morgan fingerprint density at radius 2 is 1.46 bits per heavy atom. The van der Waals surface area contributed by atoms with E-state index in [4.69, 9.17) is 16.9 Å². The van der Waals surface area contributed by atoms with Gasteiger partial charge in [-0.1, -0.05) is 25.1 Å². The van der Waals surface area contributed by atoms with Gasteiger partial charge in [-0.2, -0.15) is 0 Å². The number of anilines is 1. The molecule has 0 atom stereocenters. The third-order valence-electron chi connectivity index (χ3n) is 5.65. The molecule has 0 radical (unpaired) electrons. The second-order valence-electron chi connectivity index (χ2n) is 8.22. The maximum atomic E-state index is 13.3. The smallest absolute Gasteiger partial charge is 0.336 e. The van der Waals surface area contributed by atoms with E-state index in [1.54, 1.807) is 36.4 Å². The number of carbonyl (C=O) groups is 4. The number of aryl methyl sites for hydroxylation is 1. The number of nitrogens with one attached hydrogen (secondary N) is 3. The molecule has 0 aliphatic heterocycles. The Bertz CT molecular complexity index is 1380. The van der Waals surface area contributed by atoms with Crippen molar-refractivity contribution in [3.8, 4) is 11.1 Å². The molecular weight excluding hydrogens is 474 g/mol. The van der Waals surface area contributed by atoms with Gasteiger partial charge in [0.05, 0.1) is 5.56 Å². The number of carboxylic acids is 1. The van der Waals surface area contributed by atoms with E-state index in [9.17, 15) is 24.3 Å². The lowest BCUT2D eigenvalue weighted by Crippen LogP contribution is -2.28. The van der Waals surface area contributed by atoms with Gasteiger partial charge in [0.1, 0.15) is 5.84 Å². The second-order valence-corrected chi connectivity index (χ2v) is 8.22. The molecule has 0 aliphatic carbocycles. The standard InChI is InChI=1S/C27H27N5O5/c1-2-15-3-9-19(21(13-15)26(35)32-18-7-4-16(5-8-18)24(29)30)20-10-6-17(14-22(20)27(36)37)25(34)31-12-11-23(28)33/h3-10,13-14H,2,11-12H2,1H3,(H2,28,33)(H3,29,30)(H,31,34)(H,32,35)(H,36,37). The van der Waals surface area contributed by atoms with Crippen molar-refractivity contribution in [1.82, 2.24) is 5.32 Å². The average molecular weight is 502 g/mol. The Kier molecular flexibility index (Phi) is 8.36. The van der Waals surface area contributed by atoms with Gasteiger partial charge in [-0.15, -0.1) is 0 Å². The first-order valence-electron chi connectivity index (χ1n) is 11.4. The van der Waals surface area contributed by atoms with Gasteiger partial charge in [0.15, 0.2) is 0 Å². The molecule has 190 valence electrons. The molecule has 37 heavy (non-hydrogen) atoms. The molecule has 8 N–H and O–H groups in total. The number of rotatable bonds is 10. The van der Waals surface area contributed by atoms with Crippen molar-refractivity contribution in [2.24, 2.45) is 11.5 Å². The molecule has 0 bridgehead atoms. The molecule has 0 spiro atoms. The number of nitrogens with two attached hydrogens (primary N) is 2. The van der Waals surface area contributed by atoms with Crippen molar-refractivity contribution < 1.29 is 24.3 Å². The summed E-state index contributed by atoms with van der Waals surface area (Å²) in [6.07, 6.45) is 0.611. The third-order valence-corrected chi connectivity index (χ3v) is 5.65. The van der Waals surface area contributed by atoms with E-state index >= 15 is 0 Å². The number of carbonyl (C=O) groups excluding carboxylic acids is 3. The highest BCUT2D eigenvalue weighted by Gasteiger charge is 2.21. The van der Waals surface area contributed by atoms with Crippen LogP contribution in [0.5, 0.6) is 0 Å². The minimum atomic E-state index is -1.27. The first-order valence-corrected chi connectivity index (χ1v) is 11.4. The van der Waals surface area contributed by atoms with Gasteiger partial charge in [-0.25, -0.2) is 4.79 Å². The summed E-state index contributed by atoms with van der Waals surface area (Å²) in [5.41, 5.74) is 13.3. The van der Waals surface area contributed by atoms with Crippen LogP contribution in [0, 0.1) is 5.41 Å². The maximum Gasteiger partial charge on any atom is 0.336 e. The number of nitrogen functional groups attached to an aromatic ring is 1. The summed E-state index contributed by atoms with van der Waals surface area (Å²) >= 11 is 0. The lowest BCUT2D eigenvalue weighted by Gasteiger charge is -2.15. The van der Waals surface area contributed by atoms with Crippen LogP contribution in [0.25, 0.3) is 11.1 Å². The predicted molar refractivity (Wildman–Crippen MR) is 140 cm³/mol. The molecule has 0 unspecified atom stereocenters. The highest BCUT2D eigenvalue weighted by molar-refractivity contribution is 6.11. The summed E-state index contributed by atoms with van der Waals surface area (Å²) in [7, 11) is 0. The monoisotopic (exact) mass is 501 g/mol. The maximum absolute atomic E-state index is 13.3. The number of aromatic carboxylic acids is 1. The number of hydrogen-bond donors (Lipinski definition) is 6. The number of carboxylic acid groups (broad SMARTS) is 1. The van der Waals surface area contributed by atoms with Crippen molar-refractivity contribution in [3.05, 3.63) is 88.5 Å². The van der Waals surface area contributed by atoms with E-state index < -0.39 is 23.7 Å². The molecule has 0 heterocycles. The topological polar surface area (TPSA) is 188 Å². The quantitative estimate of drug-likeness (QED) is 0.183. The van der Waals surface area contributed by atoms with Gasteiger partial charge < -0.3 is 27.2 Å². The first kappa shape index (κ1) is 26.6. The van der Waals surface area contributed by atoms with Gasteiger partial charge in [0, 0.05) is 35.3 Å². The molecule has 0 saturated carbocycles. The van der Waals surface area contributed by atoms with Gasteiger partial charge in [-0.3, -0.25) is 19.8 Å². The Hall–Kier alpha value is -4.99. The molecule has 3 amide bonds. The van der Waals surface area contributed by atoms with E-state index in [0.717, 1.165) is 5.56 Å². The molecule has 0 aromatic heterocycles. The summed E-state index contributed by atoms with van der Waals surface area (Å²) in [6.45, 7) is 1.96. The van der Waals surface area contributed by atoms with Crippen molar-refractivity contribution in [2.45, 2.75) is 19.8 Å². The van der Waals surface area contributed by atoms with Crippen molar-refractivity contribution in [3.63, 3.8) is 0 Å². The Balaban J connectivity index is 1.99. The predicted octanol–water partition coefficient (Wildman–Crippen LogP) is 2.76. The van der Waals surface area contributed by atoms with Crippen LogP contribution in [-0.2, 0) is 11.2 Å². The summed E-state index contributed by atoms with van der Waals surface area (Å²) in [5.74, 6) is -2.94. The third kappa shape index (κ3) is 6.57. The van der Waals surface area contributed by atoms with E-state index in [1.165, 1.54) is 18.2 Å². The second kappa shape index (κ2) is 11.6. The summed E-state index contributed by atoms with van der Waals surface area (Å²) in [6, 6.07) is 15.8. The molecule has 10 nitrogen and oxygen atoms in total. The van der Waals surface area contributed by atoms with Crippen LogP contribution >= 0.6 is 0 Å². The first-order chi connectivity index (χ1) is 17.6. The van der Waals surface area contributed by atoms with E-state index in [-0.39, 0.29) is 41.1 Å². The van der Waals surface area contributed by atoms with Crippen LogP contribution in [0.15, 0.2) is 60.7 Å².